The lowest BCUT2D eigenvalue weighted by molar-refractivity contribution is 0.202. The number of rotatable bonds is 9. The smallest absolute Gasteiger partial charge is 0.128 e. The highest BCUT2D eigenvalue weighted by molar-refractivity contribution is 5.81. The number of nitrogens with one attached hydrogen (secondary N) is 2. The molecule has 1 saturated heterocycles. The first-order valence-corrected chi connectivity index (χ1v) is 11.1. The average molecular weight is 421 g/mol. The Balaban J connectivity index is 1.64. The molecule has 2 unspecified atom stereocenters. The van der Waals surface area contributed by atoms with Gasteiger partial charge in [0.05, 0.1) is 24.3 Å². The van der Waals surface area contributed by atoms with Gasteiger partial charge in [0, 0.05) is 29.8 Å². The van der Waals surface area contributed by atoms with Gasteiger partial charge in [-0.05, 0) is 44.7 Å². The van der Waals surface area contributed by atoms with Crippen molar-refractivity contribution in [2.75, 3.05) is 13.2 Å². The molecule has 0 saturated carbocycles. The van der Waals surface area contributed by atoms with Gasteiger partial charge in [-0.25, -0.2) is 4.98 Å². The van der Waals surface area contributed by atoms with Crippen LogP contribution in [0.15, 0.2) is 60.9 Å². The van der Waals surface area contributed by atoms with Gasteiger partial charge in [-0.3, -0.25) is 10.9 Å². The van der Waals surface area contributed by atoms with E-state index in [1.165, 1.54) is 0 Å². The summed E-state index contributed by atoms with van der Waals surface area (Å²) in [5.74, 6) is 1.38. The van der Waals surface area contributed by atoms with Crippen LogP contribution >= 0.6 is 0 Å². The second kappa shape index (κ2) is 10.1. The van der Waals surface area contributed by atoms with Crippen LogP contribution in [0.5, 0.6) is 5.75 Å². The minimum Gasteiger partial charge on any atom is -0.490 e. The third-order valence-corrected chi connectivity index (χ3v) is 6.14. The number of hydrogen-bond donors (Lipinski definition) is 3. The fourth-order valence-corrected chi connectivity index (χ4v) is 4.49. The van der Waals surface area contributed by atoms with E-state index in [9.17, 15) is 5.11 Å². The SMILES string of the molecule is CC1NNC(C)C1CCCn1cnc(-c2ccccc2)c1-c1ccccc1OCCO. The summed E-state index contributed by atoms with van der Waals surface area (Å²) in [7, 11) is 0. The monoisotopic (exact) mass is 420 g/mol. The van der Waals surface area contributed by atoms with E-state index < -0.39 is 0 Å². The molecule has 164 valence electrons. The molecule has 0 amide bonds. The molecule has 6 heteroatoms. The van der Waals surface area contributed by atoms with Gasteiger partial charge in [-0.2, -0.15) is 0 Å². The number of aliphatic hydroxyl groups is 1. The fourth-order valence-electron chi connectivity index (χ4n) is 4.49. The van der Waals surface area contributed by atoms with Gasteiger partial charge >= 0.3 is 0 Å². The molecule has 2 atom stereocenters. The average Bonchev–Trinajstić information content (AvgIpc) is 3.36. The van der Waals surface area contributed by atoms with Crippen LogP contribution in [0, 0.1) is 5.92 Å². The van der Waals surface area contributed by atoms with Crippen LogP contribution in [0.4, 0.5) is 0 Å². The highest BCUT2D eigenvalue weighted by Gasteiger charge is 2.29. The van der Waals surface area contributed by atoms with Crippen molar-refractivity contribution in [3.63, 3.8) is 0 Å². The summed E-state index contributed by atoms with van der Waals surface area (Å²) in [5, 5.41) is 9.25. The van der Waals surface area contributed by atoms with Crippen LogP contribution in [-0.4, -0.2) is 40.0 Å². The summed E-state index contributed by atoms with van der Waals surface area (Å²) >= 11 is 0. The number of hydrogen-bond acceptors (Lipinski definition) is 5. The molecule has 2 heterocycles. The zero-order valence-corrected chi connectivity index (χ0v) is 18.3. The van der Waals surface area contributed by atoms with E-state index in [-0.39, 0.29) is 13.2 Å². The van der Waals surface area contributed by atoms with Crippen LogP contribution in [0.1, 0.15) is 26.7 Å². The lowest BCUT2D eigenvalue weighted by Crippen LogP contribution is -2.30. The number of nitrogens with zero attached hydrogens (tertiary/aromatic N) is 2. The second-order valence-electron chi connectivity index (χ2n) is 8.24. The Morgan fingerprint density at radius 3 is 2.45 bits per heavy atom. The Morgan fingerprint density at radius 2 is 1.71 bits per heavy atom. The van der Waals surface area contributed by atoms with E-state index in [4.69, 9.17) is 9.72 Å². The predicted octanol–water partition coefficient (Wildman–Crippen LogP) is 3.87. The molecule has 1 fully saturated rings. The maximum Gasteiger partial charge on any atom is 0.128 e. The standard InChI is InChI=1S/C25H32N4O2/c1-18-21(19(2)28-27-18)12-8-14-29-17-26-24(20-9-4-3-5-10-20)25(29)22-11-6-7-13-23(22)31-16-15-30/h3-7,9-11,13,17-19,21,27-28,30H,8,12,14-16H2,1-2H3. The van der Waals surface area contributed by atoms with Gasteiger partial charge in [0.2, 0.25) is 0 Å². The van der Waals surface area contributed by atoms with Gasteiger partial charge in [0.25, 0.3) is 0 Å². The number of aliphatic hydroxyl groups excluding tert-OH is 1. The highest BCUT2D eigenvalue weighted by Crippen LogP contribution is 2.37. The quantitative estimate of drug-likeness (QED) is 0.490. The summed E-state index contributed by atoms with van der Waals surface area (Å²) in [6.07, 6.45) is 4.15. The van der Waals surface area contributed by atoms with Crippen molar-refractivity contribution in [2.45, 2.75) is 45.3 Å². The van der Waals surface area contributed by atoms with Crippen molar-refractivity contribution in [1.29, 1.82) is 0 Å². The topological polar surface area (TPSA) is 71.3 Å². The molecule has 0 bridgehead atoms. The molecule has 31 heavy (non-hydrogen) atoms. The first kappa shape index (κ1) is 21.6. The van der Waals surface area contributed by atoms with Gasteiger partial charge in [0.1, 0.15) is 12.4 Å². The molecule has 2 aromatic carbocycles. The summed E-state index contributed by atoms with van der Waals surface area (Å²) < 4.78 is 8.11. The molecular weight excluding hydrogens is 388 g/mol. The minimum atomic E-state index is -0.0149. The zero-order valence-electron chi connectivity index (χ0n) is 18.3. The van der Waals surface area contributed by atoms with Gasteiger partial charge in [-0.15, -0.1) is 0 Å². The van der Waals surface area contributed by atoms with E-state index in [1.807, 2.05) is 42.7 Å². The lowest BCUT2D eigenvalue weighted by atomic mass is 9.91. The summed E-state index contributed by atoms with van der Waals surface area (Å²) in [6.45, 7) is 5.62. The number of imidazole rings is 1. The maximum absolute atomic E-state index is 9.25. The van der Waals surface area contributed by atoms with Crippen molar-refractivity contribution in [3.05, 3.63) is 60.9 Å². The summed E-state index contributed by atoms with van der Waals surface area (Å²) in [6, 6.07) is 19.2. The van der Waals surface area contributed by atoms with Crippen molar-refractivity contribution in [2.24, 2.45) is 5.92 Å². The largest absolute Gasteiger partial charge is 0.490 e. The van der Waals surface area contributed by atoms with E-state index in [2.05, 4.69) is 47.5 Å². The number of benzene rings is 2. The summed E-state index contributed by atoms with van der Waals surface area (Å²) in [4.78, 5) is 4.80. The Morgan fingerprint density at radius 1 is 1.00 bits per heavy atom. The Kier molecular flexibility index (Phi) is 7.02. The molecule has 3 aromatic rings. The van der Waals surface area contributed by atoms with Crippen molar-refractivity contribution in [3.8, 4) is 28.3 Å². The molecule has 0 radical (unpaired) electrons. The molecule has 4 rings (SSSR count). The molecular formula is C25H32N4O2. The van der Waals surface area contributed by atoms with Crippen LogP contribution in [-0.2, 0) is 6.54 Å². The molecule has 0 aliphatic carbocycles. The minimum absolute atomic E-state index is 0.0149. The second-order valence-corrected chi connectivity index (χ2v) is 8.24. The van der Waals surface area contributed by atoms with Gasteiger partial charge in [-0.1, -0.05) is 42.5 Å². The van der Waals surface area contributed by atoms with E-state index in [1.54, 1.807) is 0 Å². The third-order valence-electron chi connectivity index (χ3n) is 6.14. The lowest BCUT2D eigenvalue weighted by Gasteiger charge is -2.19. The first-order chi connectivity index (χ1) is 15.2. The maximum atomic E-state index is 9.25. The first-order valence-electron chi connectivity index (χ1n) is 11.1. The van der Waals surface area contributed by atoms with Crippen LogP contribution in [0.3, 0.4) is 0 Å². The molecule has 0 spiro atoms. The van der Waals surface area contributed by atoms with Crippen LogP contribution in [0.2, 0.25) is 0 Å². The predicted molar refractivity (Wildman–Crippen MR) is 124 cm³/mol. The van der Waals surface area contributed by atoms with E-state index in [0.717, 1.165) is 47.7 Å². The van der Waals surface area contributed by atoms with E-state index >= 15 is 0 Å². The zero-order chi connectivity index (χ0) is 21.6. The third kappa shape index (κ3) is 4.82. The number of aryl methyl sites for hydroxylation is 1. The molecule has 3 N–H and O–H groups in total. The molecule has 6 nitrogen and oxygen atoms in total. The number of para-hydroxylation sites is 1. The number of aromatic nitrogens is 2. The fraction of sp³-hybridized carbons (Fsp3) is 0.400. The Hall–Kier alpha value is -2.67. The van der Waals surface area contributed by atoms with E-state index in [0.29, 0.717) is 18.0 Å². The van der Waals surface area contributed by atoms with Crippen molar-refractivity contribution in [1.82, 2.24) is 20.4 Å². The van der Waals surface area contributed by atoms with Gasteiger partial charge in [0.15, 0.2) is 0 Å². The molecule has 1 aromatic heterocycles. The normalized spacial score (nSPS) is 20.8. The van der Waals surface area contributed by atoms with Gasteiger partial charge < -0.3 is 14.4 Å². The van der Waals surface area contributed by atoms with Crippen molar-refractivity contribution < 1.29 is 9.84 Å². The van der Waals surface area contributed by atoms with Crippen LogP contribution < -0.4 is 15.6 Å². The Labute approximate surface area is 184 Å². The summed E-state index contributed by atoms with van der Waals surface area (Å²) in [5.41, 5.74) is 10.8. The van der Waals surface area contributed by atoms with Crippen LogP contribution in [0.25, 0.3) is 22.5 Å². The molecule has 1 aliphatic rings. The number of hydrazine groups is 1. The molecule has 1 aliphatic heterocycles. The highest BCUT2D eigenvalue weighted by atomic mass is 16.5. The van der Waals surface area contributed by atoms with Crippen molar-refractivity contribution >= 4 is 0 Å². The number of ether oxygens (including phenoxy) is 1. The Bertz CT molecular complexity index is 963.